The number of nitrogen functional groups attached to an aromatic ring is 1. The van der Waals surface area contributed by atoms with Gasteiger partial charge in [-0.05, 0) is 50.9 Å². The first kappa shape index (κ1) is 13.0. The van der Waals surface area contributed by atoms with Crippen LogP contribution in [-0.2, 0) is 6.42 Å². The second kappa shape index (κ2) is 8.17. The molecular weight excluding hydrogens is 196 g/mol. The highest BCUT2D eigenvalue weighted by atomic mass is 14.8. The molecule has 0 aliphatic rings. The molecule has 0 aliphatic carbocycles. The van der Waals surface area contributed by atoms with Gasteiger partial charge in [0.1, 0.15) is 0 Å². The molecule has 1 radical (unpaired) electrons. The lowest BCUT2D eigenvalue weighted by atomic mass is 10.0. The smallest absolute Gasteiger partial charge is 0.0346 e. The zero-order chi connectivity index (χ0) is 11.6. The minimum absolute atomic E-state index is 0.922. The van der Waals surface area contributed by atoms with Crippen LogP contribution in [0.3, 0.4) is 0 Å². The lowest BCUT2D eigenvalue weighted by Gasteiger charge is -2.05. The minimum atomic E-state index is 0.922. The Morgan fingerprint density at radius 3 is 2.75 bits per heavy atom. The van der Waals surface area contributed by atoms with E-state index in [4.69, 9.17) is 5.73 Å². The largest absolute Gasteiger partial charge is 0.399 e. The van der Waals surface area contributed by atoms with Crippen LogP contribution in [0.1, 0.15) is 31.2 Å². The number of unbranched alkanes of at least 4 members (excludes halogenated alkanes) is 4. The van der Waals surface area contributed by atoms with Gasteiger partial charge in [-0.2, -0.15) is 0 Å². The Balaban J connectivity index is 2.05. The summed E-state index contributed by atoms with van der Waals surface area (Å²) in [5.74, 6) is 0. The summed E-state index contributed by atoms with van der Waals surface area (Å²) < 4.78 is 0. The number of hydrogen-bond donors (Lipinski definition) is 2. The van der Waals surface area contributed by atoms with Gasteiger partial charge in [-0.25, -0.2) is 0 Å². The number of nitrogens with one attached hydrogen (secondary N) is 1. The van der Waals surface area contributed by atoms with Gasteiger partial charge in [0.2, 0.25) is 0 Å². The Kier molecular flexibility index (Phi) is 6.66. The summed E-state index contributed by atoms with van der Waals surface area (Å²) in [6.07, 6.45) is 8.34. The first-order valence-corrected chi connectivity index (χ1v) is 6.14. The Bertz CT molecular complexity index is 284. The molecule has 0 fully saturated rings. The highest BCUT2D eigenvalue weighted by Gasteiger charge is 1.97. The molecule has 0 unspecified atom stereocenters. The average Bonchev–Trinajstić information content (AvgIpc) is 2.30. The highest BCUT2D eigenvalue weighted by Crippen LogP contribution is 2.14. The van der Waals surface area contributed by atoms with E-state index < -0.39 is 0 Å². The number of benzene rings is 1. The number of rotatable bonds is 8. The lowest BCUT2D eigenvalue weighted by molar-refractivity contribution is 0.661. The van der Waals surface area contributed by atoms with E-state index in [1.807, 2.05) is 19.2 Å². The van der Waals surface area contributed by atoms with Crippen molar-refractivity contribution in [2.45, 2.75) is 32.1 Å². The first-order valence-electron chi connectivity index (χ1n) is 6.14. The van der Waals surface area contributed by atoms with Crippen molar-refractivity contribution in [3.05, 3.63) is 36.2 Å². The van der Waals surface area contributed by atoms with Crippen molar-refractivity contribution in [1.82, 2.24) is 5.32 Å². The summed E-state index contributed by atoms with van der Waals surface area (Å²) >= 11 is 0. The fourth-order valence-electron chi connectivity index (χ4n) is 1.75. The Morgan fingerprint density at radius 1 is 1.19 bits per heavy atom. The number of anilines is 1. The van der Waals surface area contributed by atoms with Crippen LogP contribution in [0.25, 0.3) is 0 Å². The van der Waals surface area contributed by atoms with E-state index in [1.165, 1.54) is 24.8 Å². The van der Waals surface area contributed by atoms with Gasteiger partial charge >= 0.3 is 0 Å². The Morgan fingerprint density at radius 2 is 2.00 bits per heavy atom. The van der Waals surface area contributed by atoms with Gasteiger partial charge in [0.25, 0.3) is 0 Å². The molecule has 0 aliphatic heterocycles. The van der Waals surface area contributed by atoms with E-state index in [9.17, 15) is 0 Å². The van der Waals surface area contributed by atoms with Gasteiger partial charge in [0, 0.05) is 5.69 Å². The predicted octanol–water partition coefficient (Wildman–Crippen LogP) is 2.80. The van der Waals surface area contributed by atoms with Crippen LogP contribution in [0.2, 0.25) is 0 Å². The van der Waals surface area contributed by atoms with Crippen LogP contribution in [0.4, 0.5) is 5.69 Å². The minimum Gasteiger partial charge on any atom is -0.399 e. The normalized spacial score (nSPS) is 10.6. The van der Waals surface area contributed by atoms with Crippen LogP contribution in [-0.4, -0.2) is 13.6 Å². The number of aryl methyl sites for hydroxylation is 1. The maximum absolute atomic E-state index is 5.88. The maximum Gasteiger partial charge on any atom is 0.0346 e. The molecule has 89 valence electrons. The summed E-state index contributed by atoms with van der Waals surface area (Å²) in [7, 11) is 2.00. The number of nitrogens with two attached hydrogens (primary N) is 1. The monoisotopic (exact) mass is 219 g/mol. The summed E-state index contributed by atoms with van der Waals surface area (Å²) in [6.45, 7) is 1.12. The molecule has 0 saturated carbocycles. The highest BCUT2D eigenvalue weighted by molar-refractivity contribution is 5.46. The third kappa shape index (κ3) is 5.17. The topological polar surface area (TPSA) is 38.0 Å². The third-order valence-corrected chi connectivity index (χ3v) is 2.76. The van der Waals surface area contributed by atoms with Crippen LogP contribution in [0.5, 0.6) is 0 Å². The molecular formula is C14H23N2. The van der Waals surface area contributed by atoms with Crippen LogP contribution in [0, 0.1) is 6.42 Å². The Hall–Kier alpha value is -1.02. The lowest BCUT2D eigenvalue weighted by Crippen LogP contribution is -2.06. The maximum atomic E-state index is 5.88. The molecule has 3 N–H and O–H groups in total. The first-order chi connectivity index (χ1) is 7.84. The van der Waals surface area contributed by atoms with Crippen LogP contribution in [0.15, 0.2) is 24.3 Å². The molecule has 2 nitrogen and oxygen atoms in total. The second-order valence-corrected chi connectivity index (χ2v) is 4.13. The van der Waals surface area contributed by atoms with Gasteiger partial charge in [0.15, 0.2) is 0 Å². The van der Waals surface area contributed by atoms with Crippen LogP contribution >= 0.6 is 0 Å². The van der Waals surface area contributed by atoms with Gasteiger partial charge in [-0.1, -0.05) is 31.0 Å². The van der Waals surface area contributed by atoms with Gasteiger partial charge in [-0.15, -0.1) is 0 Å². The molecule has 0 saturated heterocycles. The van der Waals surface area contributed by atoms with Crippen molar-refractivity contribution in [3.8, 4) is 0 Å². The Labute approximate surface area is 99.2 Å². The number of hydrogen-bond acceptors (Lipinski definition) is 2. The molecule has 1 rings (SSSR count). The third-order valence-electron chi connectivity index (χ3n) is 2.76. The van der Waals surface area contributed by atoms with Crippen molar-refractivity contribution in [1.29, 1.82) is 0 Å². The van der Waals surface area contributed by atoms with E-state index >= 15 is 0 Å². The van der Waals surface area contributed by atoms with Gasteiger partial charge in [0.05, 0.1) is 0 Å². The quantitative estimate of drug-likeness (QED) is 0.521. The summed E-state index contributed by atoms with van der Waals surface area (Å²) in [5, 5.41) is 3.16. The van der Waals surface area contributed by atoms with Crippen molar-refractivity contribution >= 4 is 5.69 Å². The van der Waals surface area contributed by atoms with Crippen molar-refractivity contribution < 1.29 is 0 Å². The van der Waals surface area contributed by atoms with Crippen LogP contribution < -0.4 is 11.1 Å². The molecule has 0 spiro atoms. The van der Waals surface area contributed by atoms with Gasteiger partial charge < -0.3 is 11.1 Å². The zero-order valence-electron chi connectivity index (χ0n) is 10.2. The molecule has 0 bridgehead atoms. The second-order valence-electron chi connectivity index (χ2n) is 4.13. The fraction of sp³-hybridized carbons (Fsp3) is 0.500. The predicted molar refractivity (Wildman–Crippen MR) is 71.3 cm³/mol. The number of para-hydroxylation sites is 1. The van der Waals surface area contributed by atoms with Gasteiger partial charge in [-0.3, -0.25) is 0 Å². The standard InChI is InChI=1S/C14H23N2/c1-16-12-8-4-2-3-5-9-13-10-6-7-11-14(13)15/h3,6-7,10-11,16H,2,4-5,8-9,12,15H2,1H3. The average molecular weight is 219 g/mol. The zero-order valence-corrected chi connectivity index (χ0v) is 10.2. The van der Waals surface area contributed by atoms with E-state index in [0.717, 1.165) is 25.1 Å². The molecule has 0 aromatic heterocycles. The summed E-state index contributed by atoms with van der Waals surface area (Å²) in [6, 6.07) is 8.13. The van der Waals surface area contributed by atoms with E-state index in [-0.39, 0.29) is 0 Å². The molecule has 2 heteroatoms. The molecule has 0 heterocycles. The molecule has 0 amide bonds. The molecule has 16 heavy (non-hydrogen) atoms. The fourth-order valence-corrected chi connectivity index (χ4v) is 1.75. The SMILES string of the molecule is CNCCCC[CH]CCc1ccccc1N. The summed E-state index contributed by atoms with van der Waals surface area (Å²) in [4.78, 5) is 0. The summed E-state index contributed by atoms with van der Waals surface area (Å²) in [5.41, 5.74) is 8.07. The van der Waals surface area contributed by atoms with E-state index in [0.29, 0.717) is 0 Å². The van der Waals surface area contributed by atoms with E-state index in [1.54, 1.807) is 0 Å². The van der Waals surface area contributed by atoms with Crippen molar-refractivity contribution in [2.75, 3.05) is 19.3 Å². The molecule has 1 aromatic carbocycles. The molecule has 1 aromatic rings. The molecule has 0 atom stereocenters. The van der Waals surface area contributed by atoms with Crippen molar-refractivity contribution in [2.24, 2.45) is 0 Å². The van der Waals surface area contributed by atoms with Crippen molar-refractivity contribution in [3.63, 3.8) is 0 Å². The van der Waals surface area contributed by atoms with E-state index in [2.05, 4.69) is 23.9 Å².